The van der Waals surface area contributed by atoms with Crippen molar-refractivity contribution in [2.45, 2.75) is 13.3 Å². The van der Waals surface area contributed by atoms with E-state index in [9.17, 15) is 0 Å². The van der Waals surface area contributed by atoms with Crippen LogP contribution in [-0.2, 0) is 6.42 Å². The Hall–Kier alpha value is -2.09. The summed E-state index contributed by atoms with van der Waals surface area (Å²) in [5, 5.41) is 8.49. The first kappa shape index (κ1) is 10.1. The number of aromatic nitrogens is 2. The van der Waals surface area contributed by atoms with E-state index < -0.39 is 0 Å². The zero-order valence-electron chi connectivity index (χ0n) is 9.70. The Balaban J connectivity index is 1.97. The van der Waals surface area contributed by atoms with Gasteiger partial charge in [-0.3, -0.25) is 5.10 Å². The molecule has 0 saturated heterocycles. The van der Waals surface area contributed by atoms with Crippen LogP contribution in [0.5, 0.6) is 0 Å². The first-order chi connectivity index (χ1) is 8.33. The monoisotopic (exact) mass is 221 g/mol. The van der Waals surface area contributed by atoms with E-state index in [4.69, 9.17) is 0 Å². The Morgan fingerprint density at radius 1 is 1.18 bits per heavy atom. The van der Waals surface area contributed by atoms with Crippen LogP contribution in [0.1, 0.15) is 16.8 Å². The van der Waals surface area contributed by atoms with Gasteiger partial charge >= 0.3 is 0 Å². The van der Waals surface area contributed by atoms with E-state index in [1.807, 2.05) is 18.2 Å². The van der Waals surface area contributed by atoms with Gasteiger partial charge in [0, 0.05) is 11.8 Å². The number of hydrogen-bond donors (Lipinski definition) is 1. The highest BCUT2D eigenvalue weighted by Crippen LogP contribution is 2.18. The number of rotatable bonds is 2. The van der Waals surface area contributed by atoms with Crippen molar-refractivity contribution in [1.29, 1.82) is 0 Å². The zero-order chi connectivity index (χ0) is 11.7. The van der Waals surface area contributed by atoms with E-state index in [1.165, 1.54) is 11.1 Å². The second-order valence-corrected chi connectivity index (χ2v) is 4.29. The first-order valence-corrected chi connectivity index (χ1v) is 5.72. The van der Waals surface area contributed by atoms with Crippen molar-refractivity contribution in [3.63, 3.8) is 0 Å². The Morgan fingerprint density at radius 3 is 2.82 bits per heavy atom. The smallest absolute Gasteiger partial charge is 0.0750 e. The zero-order valence-corrected chi connectivity index (χ0v) is 9.70. The average Bonchev–Trinajstić information content (AvgIpc) is 2.76. The van der Waals surface area contributed by atoms with E-state index in [2.05, 4.69) is 47.5 Å². The Kier molecular flexibility index (Phi) is 2.41. The third-order valence-electron chi connectivity index (χ3n) is 2.95. The molecule has 83 valence electrons. The molecular formula is C15H13N2. The van der Waals surface area contributed by atoms with E-state index in [0.29, 0.717) is 0 Å². The third-order valence-corrected chi connectivity index (χ3v) is 2.95. The van der Waals surface area contributed by atoms with E-state index in [0.717, 1.165) is 23.0 Å². The largest absolute Gasteiger partial charge is 0.278 e. The van der Waals surface area contributed by atoms with Crippen molar-refractivity contribution in [3.05, 3.63) is 65.4 Å². The SMILES string of the molecule is Cc1ccc(Cc2n[nH]c3ccc[c]c23)cc1. The average molecular weight is 221 g/mol. The molecular weight excluding hydrogens is 208 g/mol. The van der Waals surface area contributed by atoms with Gasteiger partial charge in [0.15, 0.2) is 0 Å². The van der Waals surface area contributed by atoms with Crippen LogP contribution in [-0.4, -0.2) is 10.2 Å². The Labute approximate surface area is 100 Å². The summed E-state index contributed by atoms with van der Waals surface area (Å²) in [6, 6.07) is 17.7. The van der Waals surface area contributed by atoms with Gasteiger partial charge in [0.2, 0.25) is 0 Å². The molecule has 2 aromatic carbocycles. The molecule has 2 nitrogen and oxygen atoms in total. The molecule has 0 unspecified atom stereocenters. The molecule has 1 N–H and O–H groups in total. The fourth-order valence-corrected chi connectivity index (χ4v) is 1.98. The summed E-state index contributed by atoms with van der Waals surface area (Å²) in [6.45, 7) is 2.10. The normalized spacial score (nSPS) is 10.9. The van der Waals surface area contributed by atoms with Crippen molar-refractivity contribution >= 4 is 10.9 Å². The molecule has 0 fully saturated rings. The van der Waals surface area contributed by atoms with Crippen LogP contribution in [0.3, 0.4) is 0 Å². The maximum absolute atomic E-state index is 4.36. The van der Waals surface area contributed by atoms with Crippen LogP contribution in [0.4, 0.5) is 0 Å². The minimum absolute atomic E-state index is 0.848. The standard InChI is InChI=1S/C15H13N2/c1-11-6-8-12(9-7-11)10-15-13-4-2-3-5-14(13)16-17-15/h2-3,5-9H,10H2,1H3,(H,16,17). The molecule has 0 bridgehead atoms. The molecule has 1 aromatic heterocycles. The second-order valence-electron chi connectivity index (χ2n) is 4.29. The van der Waals surface area contributed by atoms with Gasteiger partial charge in [-0.05, 0) is 24.6 Å². The summed E-state index contributed by atoms with van der Waals surface area (Å²) in [7, 11) is 0. The Bertz CT molecular complexity index is 635. The summed E-state index contributed by atoms with van der Waals surface area (Å²) >= 11 is 0. The predicted molar refractivity (Wildman–Crippen MR) is 68.9 cm³/mol. The lowest BCUT2D eigenvalue weighted by atomic mass is 10.1. The number of nitrogens with one attached hydrogen (secondary N) is 1. The highest BCUT2D eigenvalue weighted by atomic mass is 15.1. The molecule has 0 saturated carbocycles. The lowest BCUT2D eigenvalue weighted by molar-refractivity contribution is 1.01. The van der Waals surface area contributed by atoms with Gasteiger partial charge in [-0.15, -0.1) is 0 Å². The molecule has 1 radical (unpaired) electrons. The fourth-order valence-electron chi connectivity index (χ4n) is 1.98. The number of fused-ring (bicyclic) bond motifs is 1. The highest BCUT2D eigenvalue weighted by molar-refractivity contribution is 5.80. The molecule has 0 spiro atoms. The van der Waals surface area contributed by atoms with Crippen molar-refractivity contribution in [3.8, 4) is 0 Å². The summed E-state index contributed by atoms with van der Waals surface area (Å²) in [5.41, 5.74) is 4.67. The lowest BCUT2D eigenvalue weighted by Gasteiger charge is -1.99. The van der Waals surface area contributed by atoms with Crippen LogP contribution in [0.15, 0.2) is 42.5 Å². The van der Waals surface area contributed by atoms with E-state index in [-0.39, 0.29) is 0 Å². The minimum Gasteiger partial charge on any atom is -0.278 e. The van der Waals surface area contributed by atoms with E-state index in [1.54, 1.807) is 0 Å². The van der Waals surface area contributed by atoms with Gasteiger partial charge in [0.1, 0.15) is 0 Å². The van der Waals surface area contributed by atoms with Gasteiger partial charge in [-0.1, -0.05) is 42.0 Å². The fraction of sp³-hybridized carbons (Fsp3) is 0.133. The van der Waals surface area contributed by atoms with Gasteiger partial charge in [-0.2, -0.15) is 5.10 Å². The number of H-pyrrole nitrogens is 1. The van der Waals surface area contributed by atoms with Gasteiger partial charge < -0.3 is 0 Å². The number of aryl methyl sites for hydroxylation is 1. The molecule has 17 heavy (non-hydrogen) atoms. The lowest BCUT2D eigenvalue weighted by Crippen LogP contribution is -1.89. The van der Waals surface area contributed by atoms with Gasteiger partial charge in [0.05, 0.1) is 11.2 Å². The van der Waals surface area contributed by atoms with Crippen LogP contribution in [0.25, 0.3) is 10.9 Å². The van der Waals surface area contributed by atoms with Crippen molar-refractivity contribution in [2.24, 2.45) is 0 Å². The molecule has 0 aliphatic heterocycles. The molecule has 3 rings (SSSR count). The highest BCUT2D eigenvalue weighted by Gasteiger charge is 2.05. The molecule has 0 atom stereocenters. The Morgan fingerprint density at radius 2 is 2.00 bits per heavy atom. The van der Waals surface area contributed by atoms with Crippen LogP contribution < -0.4 is 0 Å². The molecule has 2 heteroatoms. The van der Waals surface area contributed by atoms with Crippen molar-refractivity contribution in [2.75, 3.05) is 0 Å². The van der Waals surface area contributed by atoms with Crippen LogP contribution in [0, 0.1) is 13.0 Å². The molecule has 3 aromatic rings. The minimum atomic E-state index is 0.848. The van der Waals surface area contributed by atoms with Crippen LogP contribution >= 0.6 is 0 Å². The number of hydrogen-bond acceptors (Lipinski definition) is 1. The summed E-state index contributed by atoms with van der Waals surface area (Å²) < 4.78 is 0. The van der Waals surface area contributed by atoms with Crippen molar-refractivity contribution < 1.29 is 0 Å². The third kappa shape index (κ3) is 1.94. The molecule has 1 heterocycles. The maximum atomic E-state index is 4.36. The summed E-state index contributed by atoms with van der Waals surface area (Å²) in [5.74, 6) is 0. The number of aromatic amines is 1. The molecule has 0 aliphatic rings. The summed E-state index contributed by atoms with van der Waals surface area (Å²) in [4.78, 5) is 0. The first-order valence-electron chi connectivity index (χ1n) is 5.72. The van der Waals surface area contributed by atoms with Crippen molar-refractivity contribution in [1.82, 2.24) is 10.2 Å². The quantitative estimate of drug-likeness (QED) is 0.707. The van der Waals surface area contributed by atoms with E-state index >= 15 is 0 Å². The summed E-state index contributed by atoms with van der Waals surface area (Å²) in [6.07, 6.45) is 0.848. The van der Waals surface area contributed by atoms with Gasteiger partial charge in [-0.25, -0.2) is 0 Å². The van der Waals surface area contributed by atoms with Crippen LogP contribution in [0.2, 0.25) is 0 Å². The topological polar surface area (TPSA) is 28.7 Å². The van der Waals surface area contributed by atoms with Gasteiger partial charge in [0.25, 0.3) is 0 Å². The maximum Gasteiger partial charge on any atom is 0.0750 e. The number of benzene rings is 2. The molecule has 0 amide bonds. The second kappa shape index (κ2) is 4.06. The predicted octanol–water partition coefficient (Wildman–Crippen LogP) is 3.26. The number of nitrogens with zero attached hydrogens (tertiary/aromatic N) is 1. The molecule has 0 aliphatic carbocycles.